The van der Waals surface area contributed by atoms with E-state index in [-0.39, 0.29) is 48.3 Å². The number of hydrogen-bond donors (Lipinski definition) is 1. The van der Waals surface area contributed by atoms with Crippen molar-refractivity contribution >= 4 is 6.09 Å². The molecule has 1 fully saturated rings. The van der Waals surface area contributed by atoms with Gasteiger partial charge in [-0.3, -0.25) is 4.98 Å². The zero-order chi connectivity index (χ0) is 18.9. The van der Waals surface area contributed by atoms with Crippen LogP contribution in [-0.4, -0.2) is 17.0 Å². The molecule has 0 spiro atoms. The molecule has 1 aliphatic carbocycles. The van der Waals surface area contributed by atoms with Crippen molar-refractivity contribution in [3.63, 3.8) is 0 Å². The summed E-state index contributed by atoms with van der Waals surface area (Å²) in [4.78, 5) is 15.5. The predicted octanol–water partition coefficient (Wildman–Crippen LogP) is 4.78. The molecule has 1 saturated carbocycles. The van der Waals surface area contributed by atoms with Crippen LogP contribution in [0.15, 0.2) is 30.5 Å². The van der Waals surface area contributed by atoms with E-state index in [0.29, 0.717) is 0 Å². The first-order valence-corrected chi connectivity index (χ1v) is 8.06. The number of nitrogens with two attached hydrogens (primary N) is 1. The normalized spacial score (nSPS) is 17.1. The Morgan fingerprint density at radius 1 is 1.15 bits per heavy atom. The van der Waals surface area contributed by atoms with Gasteiger partial charge in [0.15, 0.2) is 5.75 Å². The molecule has 26 heavy (non-hydrogen) atoms. The van der Waals surface area contributed by atoms with Crippen molar-refractivity contribution < 1.29 is 27.1 Å². The molecule has 1 aromatic carbocycles. The third kappa shape index (κ3) is 3.79. The third-order valence-corrected chi connectivity index (χ3v) is 4.46. The Kier molecular flexibility index (Phi) is 4.84. The van der Waals surface area contributed by atoms with Crippen LogP contribution < -0.4 is 10.5 Å². The van der Waals surface area contributed by atoms with E-state index >= 15 is 0 Å². The smallest absolute Gasteiger partial charge is 0.408 e. The van der Waals surface area contributed by atoms with Gasteiger partial charge in [-0.15, -0.1) is 0 Å². The minimum absolute atomic E-state index is 0.0862. The highest BCUT2D eigenvalue weighted by atomic mass is 19.3. The van der Waals surface area contributed by atoms with Crippen LogP contribution in [0.4, 0.5) is 22.4 Å². The minimum atomic E-state index is -2.74. The highest BCUT2D eigenvalue weighted by molar-refractivity contribution is 5.77. The predicted molar refractivity (Wildman–Crippen MR) is 86.0 cm³/mol. The van der Waals surface area contributed by atoms with Gasteiger partial charge >= 0.3 is 6.09 Å². The monoisotopic (exact) mass is 368 g/mol. The first-order chi connectivity index (χ1) is 12.3. The van der Waals surface area contributed by atoms with E-state index in [9.17, 15) is 22.4 Å². The number of halogens is 4. The average molecular weight is 368 g/mol. The molecule has 0 radical (unpaired) electrons. The van der Waals surface area contributed by atoms with Crippen LogP contribution in [0.5, 0.6) is 5.75 Å². The molecule has 8 heteroatoms. The number of alkyl halides is 2. The lowest BCUT2D eigenvalue weighted by atomic mass is 9.83. The summed E-state index contributed by atoms with van der Waals surface area (Å²) in [6.45, 7) is 0. The fourth-order valence-electron chi connectivity index (χ4n) is 3.19. The molecule has 138 valence electrons. The van der Waals surface area contributed by atoms with Gasteiger partial charge < -0.3 is 10.5 Å². The summed E-state index contributed by atoms with van der Waals surface area (Å²) in [6.07, 6.45) is -0.204. The van der Waals surface area contributed by atoms with Crippen molar-refractivity contribution in [1.29, 1.82) is 0 Å². The average Bonchev–Trinajstić information content (AvgIpc) is 2.57. The van der Waals surface area contributed by atoms with Crippen molar-refractivity contribution in [1.82, 2.24) is 4.98 Å². The van der Waals surface area contributed by atoms with Crippen molar-refractivity contribution in [2.75, 3.05) is 0 Å². The number of hydrogen-bond acceptors (Lipinski definition) is 3. The van der Waals surface area contributed by atoms with Crippen LogP contribution in [0.1, 0.15) is 37.3 Å². The van der Waals surface area contributed by atoms with E-state index in [0.717, 1.165) is 18.2 Å². The van der Waals surface area contributed by atoms with Gasteiger partial charge in [0.1, 0.15) is 11.6 Å². The molecule has 4 nitrogen and oxygen atoms in total. The Morgan fingerprint density at radius 3 is 2.50 bits per heavy atom. The second-order valence-corrected chi connectivity index (χ2v) is 6.25. The summed E-state index contributed by atoms with van der Waals surface area (Å²) in [5, 5.41) is 0. The maximum atomic E-state index is 14.2. The summed E-state index contributed by atoms with van der Waals surface area (Å²) < 4.78 is 59.6. The standard InChI is InChI=1S/C18H16F4N2O2/c19-11-1-2-14(20)13(9-11)12-5-8-24-15(16(12)26-17(23)25)10-3-6-18(21,22)7-4-10/h1-2,5,8-10H,3-4,6-7H2,(H2,23,25). The van der Waals surface area contributed by atoms with E-state index in [1.165, 1.54) is 12.3 Å². The van der Waals surface area contributed by atoms with Gasteiger partial charge in [-0.05, 0) is 37.1 Å². The lowest BCUT2D eigenvalue weighted by molar-refractivity contribution is -0.0386. The van der Waals surface area contributed by atoms with E-state index in [4.69, 9.17) is 10.5 Å². The molecule has 1 heterocycles. The van der Waals surface area contributed by atoms with Gasteiger partial charge in [0.05, 0.1) is 5.69 Å². The SMILES string of the molecule is NC(=O)Oc1c(-c2cc(F)ccc2F)ccnc1C1CCC(F)(F)CC1. The number of carbonyl (C=O) groups excluding carboxylic acids is 1. The topological polar surface area (TPSA) is 65.2 Å². The molecule has 0 bridgehead atoms. The lowest BCUT2D eigenvalue weighted by Crippen LogP contribution is -2.25. The number of aromatic nitrogens is 1. The summed E-state index contributed by atoms with van der Waals surface area (Å²) in [5.41, 5.74) is 5.29. The molecular formula is C18H16F4N2O2. The Bertz CT molecular complexity index is 832. The lowest BCUT2D eigenvalue weighted by Gasteiger charge is -2.29. The summed E-state index contributed by atoms with van der Waals surface area (Å²) >= 11 is 0. The molecular weight excluding hydrogens is 352 g/mol. The maximum Gasteiger partial charge on any atom is 0.410 e. The van der Waals surface area contributed by atoms with Gasteiger partial charge in [0.25, 0.3) is 0 Å². The molecule has 1 aliphatic rings. The molecule has 0 atom stereocenters. The number of primary amides is 1. The molecule has 2 N–H and O–H groups in total. The summed E-state index contributed by atoms with van der Waals surface area (Å²) in [7, 11) is 0. The fourth-order valence-corrected chi connectivity index (χ4v) is 3.19. The van der Waals surface area contributed by atoms with Crippen LogP contribution in [0.3, 0.4) is 0 Å². The van der Waals surface area contributed by atoms with Crippen molar-refractivity contribution in [2.45, 2.75) is 37.5 Å². The fraction of sp³-hybridized carbons (Fsp3) is 0.333. The van der Waals surface area contributed by atoms with Crippen molar-refractivity contribution in [2.24, 2.45) is 5.73 Å². The number of nitrogens with zero attached hydrogens (tertiary/aromatic N) is 1. The van der Waals surface area contributed by atoms with Crippen LogP contribution >= 0.6 is 0 Å². The first-order valence-electron chi connectivity index (χ1n) is 8.06. The van der Waals surface area contributed by atoms with Gasteiger partial charge in [0, 0.05) is 36.1 Å². The third-order valence-electron chi connectivity index (χ3n) is 4.46. The van der Waals surface area contributed by atoms with Gasteiger partial charge in [-0.1, -0.05) is 0 Å². The Labute approximate surface area is 147 Å². The Morgan fingerprint density at radius 2 is 1.85 bits per heavy atom. The van der Waals surface area contributed by atoms with E-state index < -0.39 is 29.6 Å². The zero-order valence-corrected chi connectivity index (χ0v) is 13.6. The number of rotatable bonds is 3. The van der Waals surface area contributed by atoms with Crippen LogP contribution in [0.2, 0.25) is 0 Å². The highest BCUT2D eigenvalue weighted by Gasteiger charge is 2.37. The first kappa shape index (κ1) is 18.2. The molecule has 1 aromatic heterocycles. The second kappa shape index (κ2) is 6.93. The van der Waals surface area contributed by atoms with Gasteiger partial charge in [-0.25, -0.2) is 22.4 Å². The van der Waals surface area contributed by atoms with Crippen LogP contribution in [0.25, 0.3) is 11.1 Å². The largest absolute Gasteiger partial charge is 0.410 e. The highest BCUT2D eigenvalue weighted by Crippen LogP contribution is 2.45. The molecule has 0 saturated heterocycles. The number of amides is 1. The second-order valence-electron chi connectivity index (χ2n) is 6.25. The molecule has 2 aromatic rings. The molecule has 0 unspecified atom stereocenters. The quantitative estimate of drug-likeness (QED) is 0.793. The van der Waals surface area contributed by atoms with E-state index in [1.807, 2.05) is 0 Å². The van der Waals surface area contributed by atoms with Gasteiger partial charge in [0.2, 0.25) is 5.92 Å². The van der Waals surface area contributed by atoms with E-state index in [2.05, 4.69) is 4.98 Å². The summed E-state index contributed by atoms with van der Waals surface area (Å²) in [5.74, 6) is -4.68. The number of carbonyl (C=O) groups is 1. The summed E-state index contributed by atoms with van der Waals surface area (Å²) in [6, 6.07) is 4.22. The number of ether oxygens (including phenoxy) is 1. The number of pyridine rings is 1. The van der Waals surface area contributed by atoms with Crippen molar-refractivity contribution in [3.05, 3.63) is 47.8 Å². The van der Waals surface area contributed by atoms with E-state index in [1.54, 1.807) is 0 Å². The maximum absolute atomic E-state index is 14.2. The molecule has 3 rings (SSSR count). The zero-order valence-electron chi connectivity index (χ0n) is 13.6. The number of benzene rings is 1. The van der Waals surface area contributed by atoms with Crippen LogP contribution in [0, 0.1) is 11.6 Å². The van der Waals surface area contributed by atoms with Crippen molar-refractivity contribution in [3.8, 4) is 16.9 Å². The Balaban J connectivity index is 2.08. The van der Waals surface area contributed by atoms with Crippen LogP contribution in [-0.2, 0) is 0 Å². The minimum Gasteiger partial charge on any atom is -0.408 e. The molecule has 1 amide bonds. The molecule has 0 aliphatic heterocycles. The van der Waals surface area contributed by atoms with Gasteiger partial charge in [-0.2, -0.15) is 0 Å². The Hall–Kier alpha value is -2.64.